The first kappa shape index (κ1) is 21.0. The average molecular weight is 425 g/mol. The van der Waals surface area contributed by atoms with Crippen LogP contribution in [-0.2, 0) is 4.79 Å². The molecular weight excluding hydrogens is 404 g/mol. The summed E-state index contributed by atoms with van der Waals surface area (Å²) in [5.41, 5.74) is 2.90. The van der Waals surface area contributed by atoms with Crippen molar-refractivity contribution in [2.75, 3.05) is 10.6 Å². The SMILES string of the molecule is Cc1cccc(C(=O)Nc2cccc(SC(C)C(=O)Nc3ccccc3Cl)c2)c1. The topological polar surface area (TPSA) is 58.2 Å². The number of hydrogen-bond donors (Lipinski definition) is 2. The first-order valence-corrected chi connectivity index (χ1v) is 10.4. The van der Waals surface area contributed by atoms with Crippen molar-refractivity contribution >= 4 is 46.6 Å². The maximum Gasteiger partial charge on any atom is 0.255 e. The van der Waals surface area contributed by atoms with Crippen molar-refractivity contribution in [2.24, 2.45) is 0 Å². The quantitative estimate of drug-likeness (QED) is 0.475. The number of rotatable bonds is 6. The van der Waals surface area contributed by atoms with E-state index in [1.807, 2.05) is 68.4 Å². The van der Waals surface area contributed by atoms with E-state index in [-0.39, 0.29) is 17.1 Å². The molecule has 2 N–H and O–H groups in total. The van der Waals surface area contributed by atoms with Crippen LogP contribution in [0.15, 0.2) is 77.7 Å². The number of benzene rings is 3. The number of halogens is 1. The van der Waals surface area contributed by atoms with Crippen molar-refractivity contribution in [3.8, 4) is 0 Å². The lowest BCUT2D eigenvalue weighted by molar-refractivity contribution is -0.115. The van der Waals surface area contributed by atoms with E-state index in [2.05, 4.69) is 10.6 Å². The molecule has 1 atom stereocenters. The second-order valence-electron chi connectivity index (χ2n) is 6.58. The molecule has 0 fully saturated rings. The third kappa shape index (κ3) is 5.86. The number of para-hydroxylation sites is 1. The monoisotopic (exact) mass is 424 g/mol. The summed E-state index contributed by atoms with van der Waals surface area (Å²) in [6, 6.07) is 22.0. The summed E-state index contributed by atoms with van der Waals surface area (Å²) in [4.78, 5) is 25.8. The van der Waals surface area contributed by atoms with Crippen molar-refractivity contribution in [3.05, 3.63) is 88.9 Å². The lowest BCUT2D eigenvalue weighted by Crippen LogP contribution is -2.22. The van der Waals surface area contributed by atoms with E-state index < -0.39 is 0 Å². The third-order valence-electron chi connectivity index (χ3n) is 4.19. The zero-order valence-corrected chi connectivity index (χ0v) is 17.7. The molecule has 0 radical (unpaired) electrons. The molecule has 148 valence electrons. The van der Waals surface area contributed by atoms with Gasteiger partial charge in [-0.25, -0.2) is 0 Å². The van der Waals surface area contributed by atoms with Crippen molar-refractivity contribution < 1.29 is 9.59 Å². The highest BCUT2D eigenvalue weighted by Gasteiger charge is 2.16. The van der Waals surface area contributed by atoms with E-state index in [9.17, 15) is 9.59 Å². The van der Waals surface area contributed by atoms with Gasteiger partial charge in [0, 0.05) is 16.1 Å². The van der Waals surface area contributed by atoms with E-state index in [4.69, 9.17) is 11.6 Å². The molecule has 1 unspecified atom stereocenters. The normalized spacial score (nSPS) is 11.6. The average Bonchev–Trinajstić information content (AvgIpc) is 2.70. The van der Waals surface area contributed by atoms with Crippen LogP contribution in [0.25, 0.3) is 0 Å². The summed E-state index contributed by atoms with van der Waals surface area (Å²) in [6.07, 6.45) is 0. The van der Waals surface area contributed by atoms with Crippen LogP contribution in [0.4, 0.5) is 11.4 Å². The molecule has 0 aromatic heterocycles. The van der Waals surface area contributed by atoms with E-state index in [1.54, 1.807) is 18.2 Å². The van der Waals surface area contributed by atoms with Crippen LogP contribution in [0.2, 0.25) is 5.02 Å². The van der Waals surface area contributed by atoms with Crippen molar-refractivity contribution in [1.29, 1.82) is 0 Å². The maximum atomic E-state index is 12.5. The van der Waals surface area contributed by atoms with Gasteiger partial charge in [-0.3, -0.25) is 9.59 Å². The zero-order valence-electron chi connectivity index (χ0n) is 16.1. The van der Waals surface area contributed by atoms with E-state index in [0.717, 1.165) is 10.5 Å². The molecule has 0 heterocycles. The number of carbonyl (C=O) groups is 2. The Morgan fingerprint density at radius 3 is 2.45 bits per heavy atom. The van der Waals surface area contributed by atoms with Gasteiger partial charge in [-0.2, -0.15) is 0 Å². The summed E-state index contributed by atoms with van der Waals surface area (Å²) in [7, 11) is 0. The number of amides is 2. The minimum absolute atomic E-state index is 0.141. The van der Waals surface area contributed by atoms with Gasteiger partial charge in [0.05, 0.1) is 16.0 Å². The van der Waals surface area contributed by atoms with Gasteiger partial charge in [0.1, 0.15) is 0 Å². The smallest absolute Gasteiger partial charge is 0.255 e. The molecule has 0 aliphatic heterocycles. The number of aryl methyl sites for hydroxylation is 1. The molecule has 29 heavy (non-hydrogen) atoms. The first-order valence-electron chi connectivity index (χ1n) is 9.12. The van der Waals surface area contributed by atoms with Gasteiger partial charge < -0.3 is 10.6 Å². The second-order valence-corrected chi connectivity index (χ2v) is 8.40. The Morgan fingerprint density at radius 1 is 0.931 bits per heavy atom. The Hall–Kier alpha value is -2.76. The molecule has 2 amide bonds. The molecule has 6 heteroatoms. The fourth-order valence-corrected chi connectivity index (χ4v) is 3.80. The number of carbonyl (C=O) groups excluding carboxylic acids is 2. The summed E-state index contributed by atoms with van der Waals surface area (Å²) < 4.78 is 0. The second kappa shape index (κ2) is 9.63. The zero-order chi connectivity index (χ0) is 20.8. The largest absolute Gasteiger partial charge is 0.324 e. The van der Waals surface area contributed by atoms with Crippen LogP contribution in [0, 0.1) is 6.92 Å². The summed E-state index contributed by atoms with van der Waals surface area (Å²) in [5, 5.41) is 5.91. The van der Waals surface area contributed by atoms with Crippen molar-refractivity contribution in [3.63, 3.8) is 0 Å². The molecule has 3 rings (SSSR count). The minimum Gasteiger partial charge on any atom is -0.324 e. The Labute approximate surface area is 179 Å². The van der Waals surface area contributed by atoms with Gasteiger partial charge in [0.25, 0.3) is 5.91 Å². The Balaban J connectivity index is 1.64. The first-order chi connectivity index (χ1) is 13.9. The fraction of sp³-hybridized carbons (Fsp3) is 0.130. The minimum atomic E-state index is -0.339. The van der Waals surface area contributed by atoms with Gasteiger partial charge in [-0.05, 0) is 56.3 Å². The highest BCUT2D eigenvalue weighted by atomic mass is 35.5. The fourth-order valence-electron chi connectivity index (χ4n) is 2.69. The number of nitrogens with one attached hydrogen (secondary N) is 2. The molecule has 0 saturated heterocycles. The van der Waals surface area contributed by atoms with Crippen molar-refractivity contribution in [1.82, 2.24) is 0 Å². The standard InChI is InChI=1S/C23H21ClN2O2S/c1-15-7-5-8-17(13-15)23(28)25-18-9-6-10-19(14-18)29-16(2)22(27)26-21-12-4-3-11-20(21)24/h3-14,16H,1-2H3,(H,25,28)(H,26,27). The molecule has 0 aliphatic rings. The van der Waals surface area contributed by atoms with E-state index >= 15 is 0 Å². The lowest BCUT2D eigenvalue weighted by atomic mass is 10.1. The highest BCUT2D eigenvalue weighted by molar-refractivity contribution is 8.00. The van der Waals surface area contributed by atoms with E-state index in [0.29, 0.717) is 22.0 Å². The van der Waals surface area contributed by atoms with Crippen LogP contribution in [0.1, 0.15) is 22.8 Å². The molecule has 3 aromatic rings. The van der Waals surface area contributed by atoms with Gasteiger partial charge >= 0.3 is 0 Å². The molecule has 4 nitrogen and oxygen atoms in total. The van der Waals surface area contributed by atoms with E-state index in [1.165, 1.54) is 11.8 Å². The van der Waals surface area contributed by atoms with Crippen LogP contribution < -0.4 is 10.6 Å². The molecule has 3 aromatic carbocycles. The van der Waals surface area contributed by atoms with Gasteiger partial charge in [-0.15, -0.1) is 11.8 Å². The third-order valence-corrected chi connectivity index (χ3v) is 5.61. The van der Waals surface area contributed by atoms with Crippen LogP contribution in [0.3, 0.4) is 0 Å². The van der Waals surface area contributed by atoms with Crippen LogP contribution >= 0.6 is 23.4 Å². The number of anilines is 2. The molecule has 0 bridgehead atoms. The van der Waals surface area contributed by atoms with Crippen LogP contribution in [-0.4, -0.2) is 17.1 Å². The molecular formula is C23H21ClN2O2S. The summed E-state index contributed by atoms with van der Waals surface area (Å²) >= 11 is 7.51. The van der Waals surface area contributed by atoms with Gasteiger partial charge in [-0.1, -0.05) is 47.5 Å². The van der Waals surface area contributed by atoms with Gasteiger partial charge in [0.2, 0.25) is 5.91 Å². The molecule has 0 spiro atoms. The summed E-state index contributed by atoms with van der Waals surface area (Å²) in [5.74, 6) is -0.308. The Kier molecular flexibility index (Phi) is 6.96. The van der Waals surface area contributed by atoms with Crippen LogP contribution in [0.5, 0.6) is 0 Å². The summed E-state index contributed by atoms with van der Waals surface area (Å²) in [6.45, 7) is 3.78. The molecule has 0 saturated carbocycles. The maximum absolute atomic E-state index is 12.5. The molecule has 0 aliphatic carbocycles. The Bertz CT molecular complexity index is 1040. The van der Waals surface area contributed by atoms with Crippen molar-refractivity contribution in [2.45, 2.75) is 24.0 Å². The highest BCUT2D eigenvalue weighted by Crippen LogP contribution is 2.28. The van der Waals surface area contributed by atoms with Gasteiger partial charge in [0.15, 0.2) is 0 Å². The predicted octanol–water partition coefficient (Wildman–Crippen LogP) is 6.02. The number of hydrogen-bond acceptors (Lipinski definition) is 3. The Morgan fingerprint density at radius 2 is 1.69 bits per heavy atom. The number of thioether (sulfide) groups is 1. The lowest BCUT2D eigenvalue weighted by Gasteiger charge is -2.14. The predicted molar refractivity (Wildman–Crippen MR) is 121 cm³/mol.